The summed E-state index contributed by atoms with van der Waals surface area (Å²) in [5.74, 6) is 0. The second kappa shape index (κ2) is 4.34. The Morgan fingerprint density at radius 2 is 2.06 bits per heavy atom. The van der Waals surface area contributed by atoms with Gasteiger partial charge in [-0.3, -0.25) is 0 Å². The number of nitrogens with two attached hydrogens (primary N) is 1. The summed E-state index contributed by atoms with van der Waals surface area (Å²) < 4.78 is 0. The van der Waals surface area contributed by atoms with Gasteiger partial charge in [0.15, 0.2) is 0 Å². The topological polar surface area (TPSA) is 32.5 Å². The fourth-order valence-electron chi connectivity index (χ4n) is 2.36. The molecule has 3 nitrogen and oxygen atoms in total. The van der Waals surface area contributed by atoms with E-state index in [9.17, 15) is 0 Å². The largest absolute Gasteiger partial charge is 0.371 e. The van der Waals surface area contributed by atoms with Crippen molar-refractivity contribution < 1.29 is 0 Å². The van der Waals surface area contributed by atoms with Crippen LogP contribution in [0.2, 0.25) is 0 Å². The first kappa shape index (κ1) is 11.3. The summed E-state index contributed by atoms with van der Waals surface area (Å²) in [6, 6.07) is 7.14. The van der Waals surface area contributed by atoms with Crippen molar-refractivity contribution in [3.05, 3.63) is 23.8 Å². The third kappa shape index (κ3) is 1.76. The van der Waals surface area contributed by atoms with Crippen LogP contribution < -0.4 is 15.5 Å². The van der Waals surface area contributed by atoms with Crippen molar-refractivity contribution in [3.63, 3.8) is 0 Å². The molecule has 0 aromatic heterocycles. The van der Waals surface area contributed by atoms with Gasteiger partial charge in [0.1, 0.15) is 0 Å². The van der Waals surface area contributed by atoms with Gasteiger partial charge in [0.05, 0.1) is 17.4 Å². The lowest BCUT2D eigenvalue weighted by molar-refractivity contribution is 0.609. The molecule has 1 aliphatic rings. The van der Waals surface area contributed by atoms with E-state index < -0.39 is 0 Å². The summed E-state index contributed by atoms with van der Waals surface area (Å²) in [7, 11) is 4.28. The smallest absolute Gasteiger partial charge is 0.0605 e. The van der Waals surface area contributed by atoms with Crippen molar-refractivity contribution in [2.45, 2.75) is 19.4 Å². The second-order valence-corrected chi connectivity index (χ2v) is 4.56. The third-order valence-electron chi connectivity index (χ3n) is 3.54. The Morgan fingerprint density at radius 1 is 1.31 bits per heavy atom. The van der Waals surface area contributed by atoms with Crippen LogP contribution in [0.3, 0.4) is 0 Å². The molecule has 1 atom stereocenters. The molecule has 0 saturated carbocycles. The van der Waals surface area contributed by atoms with E-state index >= 15 is 0 Å². The lowest BCUT2D eigenvalue weighted by Gasteiger charge is -2.41. The first-order chi connectivity index (χ1) is 7.67. The Kier molecular flexibility index (Phi) is 3.06. The average molecular weight is 219 g/mol. The lowest BCUT2D eigenvalue weighted by Crippen LogP contribution is -2.49. The van der Waals surface area contributed by atoms with Gasteiger partial charge in [-0.15, -0.1) is 0 Å². The fourth-order valence-corrected chi connectivity index (χ4v) is 2.36. The Bertz CT molecular complexity index is 375. The molecule has 0 spiro atoms. The molecule has 2 N–H and O–H groups in total. The molecule has 0 bridgehead atoms. The van der Waals surface area contributed by atoms with E-state index in [2.05, 4.69) is 49.0 Å². The van der Waals surface area contributed by atoms with Crippen molar-refractivity contribution in [1.29, 1.82) is 0 Å². The molecule has 16 heavy (non-hydrogen) atoms. The summed E-state index contributed by atoms with van der Waals surface area (Å²) in [4.78, 5) is 4.61. The zero-order valence-corrected chi connectivity index (χ0v) is 10.4. The number of rotatable bonds is 2. The van der Waals surface area contributed by atoms with Crippen molar-refractivity contribution in [3.8, 4) is 0 Å². The van der Waals surface area contributed by atoms with Crippen molar-refractivity contribution in [2.75, 3.05) is 37.0 Å². The molecule has 2 rings (SSSR count). The van der Waals surface area contributed by atoms with E-state index in [1.54, 1.807) is 0 Å². The number of hydrogen-bond donors (Lipinski definition) is 1. The summed E-state index contributed by atoms with van der Waals surface area (Å²) in [6.07, 6.45) is 1.09. The number of aryl methyl sites for hydroxylation is 1. The van der Waals surface area contributed by atoms with E-state index in [-0.39, 0.29) is 0 Å². The SMILES string of the molecule is CCc1ccc2c(c1)N(C)CC(CN)N2C. The quantitative estimate of drug-likeness (QED) is 0.817. The maximum atomic E-state index is 5.80. The summed E-state index contributed by atoms with van der Waals surface area (Å²) in [6.45, 7) is 3.90. The van der Waals surface area contributed by atoms with Gasteiger partial charge in [0.25, 0.3) is 0 Å². The first-order valence-corrected chi connectivity index (χ1v) is 5.94. The van der Waals surface area contributed by atoms with Crippen LogP contribution in [0.4, 0.5) is 11.4 Å². The van der Waals surface area contributed by atoms with Gasteiger partial charge in [-0.2, -0.15) is 0 Å². The molecule has 1 aromatic rings. The molecule has 0 amide bonds. The lowest BCUT2D eigenvalue weighted by atomic mass is 10.0. The zero-order valence-electron chi connectivity index (χ0n) is 10.4. The molecule has 0 radical (unpaired) electrons. The van der Waals surface area contributed by atoms with Crippen LogP contribution in [0.1, 0.15) is 12.5 Å². The van der Waals surface area contributed by atoms with Gasteiger partial charge in [-0.05, 0) is 24.1 Å². The molecule has 1 aromatic carbocycles. The van der Waals surface area contributed by atoms with Crippen LogP contribution in [0.15, 0.2) is 18.2 Å². The summed E-state index contributed by atoms with van der Waals surface area (Å²) in [5.41, 5.74) is 9.81. The second-order valence-electron chi connectivity index (χ2n) is 4.56. The fraction of sp³-hybridized carbons (Fsp3) is 0.538. The number of likely N-dealkylation sites (N-methyl/N-ethyl adjacent to an activating group) is 2. The maximum Gasteiger partial charge on any atom is 0.0605 e. The van der Waals surface area contributed by atoms with Gasteiger partial charge in [-0.1, -0.05) is 13.0 Å². The Labute approximate surface area is 97.8 Å². The van der Waals surface area contributed by atoms with Crippen LogP contribution in [0.5, 0.6) is 0 Å². The molecular weight excluding hydrogens is 198 g/mol. The number of fused-ring (bicyclic) bond motifs is 1. The number of hydrogen-bond acceptors (Lipinski definition) is 3. The van der Waals surface area contributed by atoms with Gasteiger partial charge in [-0.25, -0.2) is 0 Å². The van der Waals surface area contributed by atoms with Crippen LogP contribution in [-0.4, -0.2) is 33.2 Å². The number of nitrogens with zero attached hydrogens (tertiary/aromatic N) is 2. The highest BCUT2D eigenvalue weighted by molar-refractivity contribution is 5.74. The zero-order chi connectivity index (χ0) is 11.7. The molecule has 88 valence electrons. The highest BCUT2D eigenvalue weighted by Gasteiger charge is 2.25. The van der Waals surface area contributed by atoms with E-state index in [0.717, 1.165) is 13.0 Å². The highest BCUT2D eigenvalue weighted by atomic mass is 15.3. The van der Waals surface area contributed by atoms with Crippen LogP contribution in [0.25, 0.3) is 0 Å². The maximum absolute atomic E-state index is 5.80. The average Bonchev–Trinajstić information content (AvgIpc) is 2.33. The predicted octanol–water partition coefficient (Wildman–Crippen LogP) is 1.46. The summed E-state index contributed by atoms with van der Waals surface area (Å²) in [5, 5.41) is 0. The van der Waals surface area contributed by atoms with E-state index in [1.165, 1.54) is 16.9 Å². The predicted molar refractivity (Wildman–Crippen MR) is 70.3 cm³/mol. The minimum atomic E-state index is 0.421. The van der Waals surface area contributed by atoms with Gasteiger partial charge in [0.2, 0.25) is 0 Å². The van der Waals surface area contributed by atoms with E-state index in [4.69, 9.17) is 5.73 Å². The molecule has 0 fully saturated rings. The van der Waals surface area contributed by atoms with Gasteiger partial charge in [0, 0.05) is 27.2 Å². The molecular formula is C13H21N3. The van der Waals surface area contributed by atoms with Crippen molar-refractivity contribution >= 4 is 11.4 Å². The normalized spacial score (nSPS) is 19.9. The Hall–Kier alpha value is -1.22. The Morgan fingerprint density at radius 3 is 2.69 bits per heavy atom. The van der Waals surface area contributed by atoms with Crippen molar-refractivity contribution in [2.24, 2.45) is 5.73 Å². The van der Waals surface area contributed by atoms with Crippen LogP contribution in [0, 0.1) is 0 Å². The van der Waals surface area contributed by atoms with Crippen molar-refractivity contribution in [1.82, 2.24) is 0 Å². The van der Waals surface area contributed by atoms with Gasteiger partial charge >= 0.3 is 0 Å². The number of benzene rings is 1. The third-order valence-corrected chi connectivity index (χ3v) is 3.54. The van der Waals surface area contributed by atoms with Crippen LogP contribution in [-0.2, 0) is 6.42 Å². The van der Waals surface area contributed by atoms with E-state index in [0.29, 0.717) is 12.6 Å². The molecule has 1 aliphatic heterocycles. The van der Waals surface area contributed by atoms with Gasteiger partial charge < -0.3 is 15.5 Å². The number of anilines is 2. The minimum absolute atomic E-state index is 0.421. The molecule has 0 aliphatic carbocycles. The first-order valence-electron chi connectivity index (χ1n) is 5.94. The molecule has 0 saturated heterocycles. The minimum Gasteiger partial charge on any atom is -0.371 e. The standard InChI is InChI=1S/C13H21N3/c1-4-10-5-6-12-13(7-10)15(2)9-11(8-14)16(12)3/h5-7,11H,4,8-9,14H2,1-3H3. The summed E-state index contributed by atoms with van der Waals surface area (Å²) >= 11 is 0. The van der Waals surface area contributed by atoms with Crippen LogP contribution >= 0.6 is 0 Å². The monoisotopic (exact) mass is 219 g/mol. The highest BCUT2D eigenvalue weighted by Crippen LogP contribution is 2.34. The molecule has 1 unspecified atom stereocenters. The molecule has 3 heteroatoms. The Balaban J connectivity index is 2.41. The molecule has 1 heterocycles. The van der Waals surface area contributed by atoms with E-state index in [1.807, 2.05) is 0 Å².